The Bertz CT molecular complexity index is 471. The highest BCUT2D eigenvalue weighted by Gasteiger charge is 2.34. The van der Waals surface area contributed by atoms with Gasteiger partial charge in [0.05, 0.1) is 5.56 Å². The van der Waals surface area contributed by atoms with Crippen LogP contribution >= 0.6 is 0 Å². The van der Waals surface area contributed by atoms with Crippen molar-refractivity contribution in [2.75, 3.05) is 12.3 Å². The van der Waals surface area contributed by atoms with E-state index in [1.807, 2.05) is 0 Å². The van der Waals surface area contributed by atoms with Crippen LogP contribution in [-0.2, 0) is 12.7 Å². The topological polar surface area (TPSA) is 29.3 Å². The summed E-state index contributed by atoms with van der Waals surface area (Å²) >= 11 is 0. The van der Waals surface area contributed by atoms with Crippen LogP contribution in [0.4, 0.5) is 18.9 Å². The van der Waals surface area contributed by atoms with Gasteiger partial charge >= 0.3 is 6.18 Å². The zero-order valence-corrected chi connectivity index (χ0v) is 11.9. The molecular weight excluding hydrogens is 265 g/mol. The van der Waals surface area contributed by atoms with Crippen LogP contribution in [0.25, 0.3) is 0 Å². The fourth-order valence-corrected chi connectivity index (χ4v) is 2.91. The quantitative estimate of drug-likeness (QED) is 0.835. The maximum absolute atomic E-state index is 13.1. The second-order valence-corrected chi connectivity index (χ2v) is 5.86. The van der Waals surface area contributed by atoms with Crippen molar-refractivity contribution in [2.45, 2.75) is 45.5 Å². The first kappa shape index (κ1) is 15.2. The third-order valence-electron chi connectivity index (χ3n) is 4.09. The molecular formula is C15H21F3N2. The van der Waals surface area contributed by atoms with Crippen molar-refractivity contribution in [3.63, 3.8) is 0 Å². The molecule has 112 valence electrons. The third kappa shape index (κ3) is 3.45. The first-order valence-corrected chi connectivity index (χ1v) is 6.97. The van der Waals surface area contributed by atoms with Crippen LogP contribution in [0.3, 0.4) is 0 Å². The smallest absolute Gasteiger partial charge is 0.399 e. The molecule has 0 radical (unpaired) electrons. The summed E-state index contributed by atoms with van der Waals surface area (Å²) in [6.07, 6.45) is -2.27. The Morgan fingerprint density at radius 1 is 1.30 bits per heavy atom. The fraction of sp³-hybridized carbons (Fsp3) is 0.600. The Morgan fingerprint density at radius 3 is 2.60 bits per heavy atom. The molecule has 0 aromatic heterocycles. The molecule has 1 fully saturated rings. The van der Waals surface area contributed by atoms with Crippen molar-refractivity contribution in [2.24, 2.45) is 5.92 Å². The number of anilines is 1. The number of nitrogens with zero attached hydrogens (tertiary/aromatic N) is 1. The Hall–Kier alpha value is -1.23. The Balaban J connectivity index is 2.21. The van der Waals surface area contributed by atoms with Gasteiger partial charge in [0, 0.05) is 18.3 Å². The van der Waals surface area contributed by atoms with Gasteiger partial charge < -0.3 is 5.73 Å². The summed E-state index contributed by atoms with van der Waals surface area (Å²) in [5, 5.41) is 0. The van der Waals surface area contributed by atoms with Crippen molar-refractivity contribution in [3.8, 4) is 0 Å². The number of hydrogen-bond donors (Lipinski definition) is 1. The molecule has 1 aliphatic heterocycles. The van der Waals surface area contributed by atoms with Crippen LogP contribution < -0.4 is 5.73 Å². The minimum Gasteiger partial charge on any atom is -0.399 e. The summed E-state index contributed by atoms with van der Waals surface area (Å²) in [7, 11) is 0. The monoisotopic (exact) mass is 286 g/mol. The lowest BCUT2D eigenvalue weighted by Crippen LogP contribution is -2.39. The van der Waals surface area contributed by atoms with Gasteiger partial charge in [-0.05, 0) is 49.9 Å². The van der Waals surface area contributed by atoms with Crippen molar-refractivity contribution in [1.82, 2.24) is 4.90 Å². The number of nitrogen functional groups attached to an aromatic ring is 1. The Kier molecular flexibility index (Phi) is 4.28. The molecule has 1 saturated heterocycles. The summed E-state index contributed by atoms with van der Waals surface area (Å²) in [4.78, 5) is 2.13. The number of benzene rings is 1. The van der Waals surface area contributed by atoms with Gasteiger partial charge in [-0.1, -0.05) is 13.0 Å². The maximum atomic E-state index is 13.1. The molecule has 0 spiro atoms. The average Bonchev–Trinajstić information content (AvgIpc) is 2.33. The first-order valence-electron chi connectivity index (χ1n) is 6.97. The van der Waals surface area contributed by atoms with E-state index in [1.54, 1.807) is 6.07 Å². The third-order valence-corrected chi connectivity index (χ3v) is 4.09. The molecule has 0 bridgehead atoms. The van der Waals surface area contributed by atoms with Gasteiger partial charge in [0.1, 0.15) is 0 Å². The van der Waals surface area contributed by atoms with Crippen LogP contribution in [0.5, 0.6) is 0 Å². The summed E-state index contributed by atoms with van der Waals surface area (Å²) in [6, 6.07) is 4.40. The predicted molar refractivity (Wildman–Crippen MR) is 74.1 cm³/mol. The van der Waals surface area contributed by atoms with Gasteiger partial charge in [0.25, 0.3) is 0 Å². The van der Waals surface area contributed by atoms with Crippen molar-refractivity contribution < 1.29 is 13.2 Å². The van der Waals surface area contributed by atoms with Gasteiger partial charge in [-0.3, -0.25) is 4.90 Å². The van der Waals surface area contributed by atoms with Gasteiger partial charge in [-0.2, -0.15) is 13.2 Å². The van der Waals surface area contributed by atoms with Crippen LogP contribution in [0.2, 0.25) is 0 Å². The highest BCUT2D eigenvalue weighted by molar-refractivity contribution is 5.46. The molecule has 2 rings (SSSR count). The van der Waals surface area contributed by atoms with E-state index < -0.39 is 11.7 Å². The molecule has 2 N–H and O–H groups in total. The summed E-state index contributed by atoms with van der Waals surface area (Å²) in [6.45, 7) is 5.46. The van der Waals surface area contributed by atoms with E-state index in [-0.39, 0.29) is 5.69 Å². The highest BCUT2D eigenvalue weighted by atomic mass is 19.4. The number of likely N-dealkylation sites (tertiary alicyclic amines) is 1. The van der Waals surface area contributed by atoms with Crippen molar-refractivity contribution >= 4 is 5.69 Å². The standard InChI is InChI=1S/C15H21F3N2/c1-10-5-6-20(11(2)7-10)9-12-3-4-13(19)8-14(12)15(16,17)18/h3-4,8,10-11H,5-7,9,19H2,1-2H3. The lowest BCUT2D eigenvalue weighted by Gasteiger charge is -2.37. The molecule has 5 heteroatoms. The highest BCUT2D eigenvalue weighted by Crippen LogP contribution is 2.35. The van der Waals surface area contributed by atoms with Gasteiger partial charge in [-0.15, -0.1) is 0 Å². The van der Waals surface area contributed by atoms with Gasteiger partial charge in [0.2, 0.25) is 0 Å². The van der Waals surface area contributed by atoms with Crippen LogP contribution in [-0.4, -0.2) is 17.5 Å². The molecule has 0 amide bonds. The lowest BCUT2D eigenvalue weighted by atomic mass is 9.92. The molecule has 2 unspecified atom stereocenters. The molecule has 1 aromatic carbocycles. The average molecular weight is 286 g/mol. The van der Waals surface area contributed by atoms with Crippen LogP contribution in [0.1, 0.15) is 37.8 Å². The van der Waals surface area contributed by atoms with Crippen LogP contribution in [0, 0.1) is 5.92 Å². The van der Waals surface area contributed by atoms with Gasteiger partial charge in [-0.25, -0.2) is 0 Å². The summed E-state index contributed by atoms with van der Waals surface area (Å²) in [5.74, 6) is 0.648. The number of piperidine rings is 1. The van der Waals surface area contributed by atoms with Crippen molar-refractivity contribution in [3.05, 3.63) is 29.3 Å². The largest absolute Gasteiger partial charge is 0.416 e. The summed E-state index contributed by atoms with van der Waals surface area (Å²) < 4.78 is 39.2. The van der Waals surface area contributed by atoms with E-state index in [0.29, 0.717) is 24.1 Å². The lowest BCUT2D eigenvalue weighted by molar-refractivity contribution is -0.138. The summed E-state index contributed by atoms with van der Waals surface area (Å²) in [5.41, 5.74) is 5.35. The van der Waals surface area contributed by atoms with Crippen LogP contribution in [0.15, 0.2) is 18.2 Å². The molecule has 0 saturated carbocycles. The molecule has 0 aliphatic carbocycles. The second-order valence-electron chi connectivity index (χ2n) is 5.86. The Morgan fingerprint density at radius 2 is 2.00 bits per heavy atom. The molecule has 2 nitrogen and oxygen atoms in total. The molecule has 1 heterocycles. The van der Waals surface area contributed by atoms with E-state index >= 15 is 0 Å². The number of alkyl halides is 3. The number of rotatable bonds is 2. The first-order chi connectivity index (χ1) is 9.27. The SMILES string of the molecule is CC1CCN(Cc2ccc(N)cc2C(F)(F)F)C(C)C1. The number of hydrogen-bond acceptors (Lipinski definition) is 2. The molecule has 1 aromatic rings. The minimum absolute atomic E-state index is 0.154. The maximum Gasteiger partial charge on any atom is 0.416 e. The van der Waals surface area contributed by atoms with Gasteiger partial charge in [0.15, 0.2) is 0 Å². The van der Waals surface area contributed by atoms with E-state index in [1.165, 1.54) is 6.07 Å². The normalized spacial score (nSPS) is 24.9. The molecule has 2 atom stereocenters. The number of nitrogens with two attached hydrogens (primary N) is 1. The van der Waals surface area contributed by atoms with E-state index in [4.69, 9.17) is 5.73 Å². The zero-order chi connectivity index (χ0) is 14.9. The van der Waals surface area contributed by atoms with E-state index in [0.717, 1.165) is 25.5 Å². The zero-order valence-electron chi connectivity index (χ0n) is 11.9. The van der Waals surface area contributed by atoms with E-state index in [9.17, 15) is 13.2 Å². The number of halogens is 3. The minimum atomic E-state index is -4.35. The second kappa shape index (κ2) is 5.64. The predicted octanol–water partition coefficient (Wildman–Crippen LogP) is 3.91. The van der Waals surface area contributed by atoms with Crippen molar-refractivity contribution in [1.29, 1.82) is 0 Å². The fourth-order valence-electron chi connectivity index (χ4n) is 2.91. The Labute approximate surface area is 117 Å². The van der Waals surface area contributed by atoms with E-state index in [2.05, 4.69) is 18.7 Å². The molecule has 20 heavy (non-hydrogen) atoms. The molecule has 1 aliphatic rings.